The lowest BCUT2D eigenvalue weighted by Gasteiger charge is -2.42. The summed E-state index contributed by atoms with van der Waals surface area (Å²) >= 11 is 14.4. The van der Waals surface area contributed by atoms with E-state index in [-0.39, 0.29) is 16.6 Å². The highest BCUT2D eigenvalue weighted by Gasteiger charge is 2.32. The lowest BCUT2D eigenvalue weighted by Crippen LogP contribution is -2.52. The number of nitriles is 1. The summed E-state index contributed by atoms with van der Waals surface area (Å²) in [6.07, 6.45) is 5.71. The normalized spacial score (nSPS) is 16.8. The van der Waals surface area contributed by atoms with Crippen LogP contribution < -0.4 is 21.6 Å². The second-order valence-corrected chi connectivity index (χ2v) is 14.0. The smallest absolute Gasteiger partial charge is 0.141 e. The molecular weight excluding hydrogens is 632 g/mol. The molecule has 9 nitrogen and oxygen atoms in total. The third-order valence-corrected chi connectivity index (χ3v) is 9.89. The van der Waals surface area contributed by atoms with Gasteiger partial charge in [-0.25, -0.2) is 9.37 Å². The standard InChI is InChI=1S/C32H34Cl2FN9S/c1-18-31(45-17-38-18)30(27-16-44(42-41-27)22-7-9-43(10-8-22)32(2,3)4)40-21-11-23-28(39-20-5-6-26(35)24(33)12-20)19(14-36)15-37-29(23)25(34)13-21/h5-6,11-13,15-17,22,30,40-42H,7-10H2,1-4H3,(H,37,39)/t30-/m1/s1. The predicted molar refractivity (Wildman–Crippen MR) is 180 cm³/mol. The number of thiazole rings is 1. The largest absolute Gasteiger partial charge is 0.372 e. The molecule has 2 aliphatic heterocycles. The van der Waals surface area contributed by atoms with E-state index in [1.807, 2.05) is 24.6 Å². The number of aryl methyl sites for hydroxylation is 1. The summed E-state index contributed by atoms with van der Waals surface area (Å²) in [5.41, 5.74) is 13.2. The molecule has 45 heavy (non-hydrogen) atoms. The highest BCUT2D eigenvalue weighted by atomic mass is 35.5. The lowest BCUT2D eigenvalue weighted by molar-refractivity contribution is 0.0570. The van der Waals surface area contributed by atoms with Crippen molar-refractivity contribution in [3.63, 3.8) is 0 Å². The molecule has 0 aliphatic carbocycles. The molecule has 13 heteroatoms. The van der Waals surface area contributed by atoms with Crippen molar-refractivity contribution >= 4 is 62.5 Å². The minimum atomic E-state index is -0.528. The number of aromatic nitrogens is 2. The average Bonchev–Trinajstić information content (AvgIpc) is 3.67. The summed E-state index contributed by atoms with van der Waals surface area (Å²) in [5, 5.41) is 20.0. The zero-order chi connectivity index (χ0) is 31.9. The van der Waals surface area contributed by atoms with E-state index in [2.05, 4.69) is 74.5 Å². The summed E-state index contributed by atoms with van der Waals surface area (Å²) < 4.78 is 13.9. The number of hydrazine groups is 2. The molecular formula is C32H34Cl2FN9S. The van der Waals surface area contributed by atoms with Crippen molar-refractivity contribution < 1.29 is 4.39 Å². The number of anilines is 3. The number of nitrogens with zero attached hydrogens (tertiary/aromatic N) is 5. The van der Waals surface area contributed by atoms with Gasteiger partial charge in [-0.3, -0.25) is 14.9 Å². The van der Waals surface area contributed by atoms with Crippen molar-refractivity contribution in [3.8, 4) is 6.07 Å². The van der Waals surface area contributed by atoms with Crippen LogP contribution in [0.1, 0.15) is 55.8 Å². The first kappa shape index (κ1) is 31.3. The zero-order valence-electron chi connectivity index (χ0n) is 25.4. The molecule has 1 atom stereocenters. The average molecular weight is 667 g/mol. The molecule has 0 saturated carbocycles. The first-order valence-electron chi connectivity index (χ1n) is 14.7. The van der Waals surface area contributed by atoms with Crippen LogP contribution in [0, 0.1) is 24.1 Å². The minimum absolute atomic E-state index is 0.0280. The number of hydrogen-bond donors (Lipinski definition) is 4. The Kier molecular flexibility index (Phi) is 8.78. The minimum Gasteiger partial charge on any atom is -0.372 e. The van der Waals surface area contributed by atoms with Crippen molar-refractivity contribution in [2.45, 2.75) is 58.2 Å². The van der Waals surface area contributed by atoms with Crippen LogP contribution in [-0.4, -0.2) is 44.5 Å². The summed E-state index contributed by atoms with van der Waals surface area (Å²) in [7, 11) is 0. The summed E-state index contributed by atoms with van der Waals surface area (Å²) in [5.74, 6) is -0.528. The first-order valence-corrected chi connectivity index (χ1v) is 16.3. The maximum absolute atomic E-state index is 13.9. The molecule has 0 unspecified atom stereocenters. The van der Waals surface area contributed by atoms with Crippen LogP contribution in [0.25, 0.3) is 10.9 Å². The predicted octanol–water partition coefficient (Wildman–Crippen LogP) is 7.64. The highest BCUT2D eigenvalue weighted by molar-refractivity contribution is 7.09. The Morgan fingerprint density at radius 1 is 1.11 bits per heavy atom. The molecule has 0 bridgehead atoms. The number of hydrogen-bond acceptors (Lipinski definition) is 10. The zero-order valence-corrected chi connectivity index (χ0v) is 27.7. The number of halogens is 3. The number of piperidine rings is 1. The quantitative estimate of drug-likeness (QED) is 0.158. The molecule has 2 aromatic carbocycles. The molecule has 0 amide bonds. The summed E-state index contributed by atoms with van der Waals surface area (Å²) in [6, 6.07) is 10.3. The van der Waals surface area contributed by atoms with Gasteiger partial charge in [-0.1, -0.05) is 23.2 Å². The van der Waals surface area contributed by atoms with Crippen LogP contribution in [0.2, 0.25) is 10.0 Å². The first-order chi connectivity index (χ1) is 21.5. The Hall–Kier alpha value is -3.66. The van der Waals surface area contributed by atoms with Crippen LogP contribution in [0.5, 0.6) is 0 Å². The van der Waals surface area contributed by atoms with Crippen LogP contribution >= 0.6 is 34.5 Å². The van der Waals surface area contributed by atoms with E-state index in [1.54, 1.807) is 17.4 Å². The van der Waals surface area contributed by atoms with Crippen LogP contribution in [0.4, 0.5) is 21.5 Å². The number of rotatable bonds is 7. The van der Waals surface area contributed by atoms with Gasteiger partial charge in [0, 0.05) is 53.8 Å². The topological polar surface area (TPSA) is 104 Å². The maximum atomic E-state index is 13.9. The van der Waals surface area contributed by atoms with Crippen molar-refractivity contribution in [3.05, 3.63) is 85.9 Å². The fourth-order valence-electron chi connectivity index (χ4n) is 5.82. The fourth-order valence-corrected chi connectivity index (χ4v) is 7.14. The van der Waals surface area contributed by atoms with Crippen molar-refractivity contribution in [2.75, 3.05) is 23.7 Å². The molecule has 0 radical (unpaired) electrons. The summed E-state index contributed by atoms with van der Waals surface area (Å²) in [6.45, 7) is 10.9. The van der Waals surface area contributed by atoms with Gasteiger partial charge in [0.15, 0.2) is 0 Å². The van der Waals surface area contributed by atoms with Gasteiger partial charge in [-0.05, 0) is 70.9 Å². The van der Waals surface area contributed by atoms with Crippen molar-refractivity contribution in [1.82, 2.24) is 30.8 Å². The number of fused-ring (bicyclic) bond motifs is 1. The molecule has 4 aromatic rings. The third-order valence-electron chi connectivity index (χ3n) is 8.32. The SMILES string of the molecule is Cc1ncsc1[C@H](Nc1cc(Cl)c2ncc(C#N)c(Nc3ccc(F)c(Cl)c3)c2c1)C1=CN(C2CCN(C(C)(C)C)CC2)NN1. The summed E-state index contributed by atoms with van der Waals surface area (Å²) in [4.78, 5) is 12.6. The van der Waals surface area contributed by atoms with Crippen molar-refractivity contribution in [2.24, 2.45) is 0 Å². The van der Waals surface area contributed by atoms with Gasteiger partial charge in [0.2, 0.25) is 0 Å². The molecule has 1 fully saturated rings. The molecule has 4 heterocycles. The van der Waals surface area contributed by atoms with Crippen LogP contribution in [0.15, 0.2) is 53.9 Å². The van der Waals surface area contributed by atoms with Gasteiger partial charge < -0.3 is 16.1 Å². The molecule has 2 aromatic heterocycles. The van der Waals surface area contributed by atoms with Crippen molar-refractivity contribution in [1.29, 1.82) is 5.26 Å². The molecule has 0 spiro atoms. The van der Waals surface area contributed by atoms with E-state index in [4.69, 9.17) is 23.2 Å². The number of nitrogens with one attached hydrogen (secondary N) is 4. The maximum Gasteiger partial charge on any atom is 0.141 e. The molecule has 2 aliphatic rings. The van der Waals surface area contributed by atoms with Gasteiger partial charge in [0.05, 0.1) is 48.6 Å². The Labute approximate surface area is 276 Å². The number of pyridine rings is 1. The van der Waals surface area contributed by atoms with Crippen LogP contribution in [0.3, 0.4) is 0 Å². The second kappa shape index (κ2) is 12.6. The molecule has 234 valence electrons. The Morgan fingerprint density at radius 2 is 1.87 bits per heavy atom. The number of likely N-dealkylation sites (tertiary alicyclic amines) is 1. The highest BCUT2D eigenvalue weighted by Crippen LogP contribution is 2.38. The Balaban J connectivity index is 1.33. The van der Waals surface area contributed by atoms with Gasteiger partial charge in [0.25, 0.3) is 0 Å². The van der Waals surface area contributed by atoms with E-state index in [0.29, 0.717) is 38.9 Å². The van der Waals surface area contributed by atoms with E-state index in [0.717, 1.165) is 47.9 Å². The number of benzene rings is 2. The van der Waals surface area contributed by atoms with Gasteiger partial charge in [-0.2, -0.15) is 5.26 Å². The molecule has 6 rings (SSSR count). The van der Waals surface area contributed by atoms with Gasteiger partial charge >= 0.3 is 0 Å². The Morgan fingerprint density at radius 3 is 2.53 bits per heavy atom. The van der Waals surface area contributed by atoms with E-state index < -0.39 is 5.82 Å². The monoisotopic (exact) mass is 665 g/mol. The fraction of sp³-hybridized carbons (Fsp3) is 0.344. The van der Waals surface area contributed by atoms with E-state index in [9.17, 15) is 9.65 Å². The van der Waals surface area contributed by atoms with Gasteiger partial charge in [0.1, 0.15) is 17.9 Å². The Bertz CT molecular complexity index is 1800. The van der Waals surface area contributed by atoms with E-state index in [1.165, 1.54) is 18.3 Å². The second-order valence-electron chi connectivity index (χ2n) is 12.3. The third kappa shape index (κ3) is 6.52. The van der Waals surface area contributed by atoms with E-state index >= 15 is 0 Å². The molecule has 1 saturated heterocycles. The van der Waals surface area contributed by atoms with Gasteiger partial charge in [-0.15, -0.1) is 16.9 Å². The van der Waals surface area contributed by atoms with Crippen LogP contribution in [-0.2, 0) is 0 Å². The molecule has 4 N–H and O–H groups in total. The lowest BCUT2D eigenvalue weighted by atomic mass is 9.98.